The van der Waals surface area contributed by atoms with Crippen molar-refractivity contribution in [1.82, 2.24) is 0 Å². The number of amides is 1. The van der Waals surface area contributed by atoms with Gasteiger partial charge in [-0.05, 0) is 56.2 Å². The van der Waals surface area contributed by atoms with Gasteiger partial charge >= 0.3 is 0 Å². The van der Waals surface area contributed by atoms with Crippen molar-refractivity contribution in [3.63, 3.8) is 0 Å². The summed E-state index contributed by atoms with van der Waals surface area (Å²) in [5, 5.41) is 8.00. The zero-order valence-corrected chi connectivity index (χ0v) is 15.4. The highest BCUT2D eigenvalue weighted by Crippen LogP contribution is 2.23. The molecule has 0 bridgehead atoms. The number of para-hydroxylation sites is 1. The lowest BCUT2D eigenvalue weighted by Crippen LogP contribution is -2.33. The highest BCUT2D eigenvalue weighted by atomic mass is 32.2. The molecule has 0 spiro atoms. The van der Waals surface area contributed by atoms with Crippen LogP contribution in [0.25, 0.3) is 0 Å². The number of nitrogens with zero attached hydrogens (tertiary/aromatic N) is 1. The summed E-state index contributed by atoms with van der Waals surface area (Å²) in [5.41, 5.74) is 2.96. The molecule has 25 heavy (non-hydrogen) atoms. The fourth-order valence-electron chi connectivity index (χ4n) is 2.51. The third kappa shape index (κ3) is 4.80. The first kappa shape index (κ1) is 19.0. The quantitative estimate of drug-likeness (QED) is 0.826. The molecule has 3 N–H and O–H groups in total. The summed E-state index contributed by atoms with van der Waals surface area (Å²) in [5.74, 6) is -0.222. The lowest BCUT2D eigenvalue weighted by atomic mass is 10.1. The number of carbonyl (C=O) groups is 1. The molecule has 1 amide bonds. The van der Waals surface area contributed by atoms with Crippen LogP contribution in [0.2, 0.25) is 0 Å². The Kier molecular flexibility index (Phi) is 5.81. The molecule has 6 nitrogen and oxygen atoms in total. The minimum absolute atomic E-state index is 0.0127. The van der Waals surface area contributed by atoms with E-state index >= 15 is 0 Å². The first-order valence-electron chi connectivity index (χ1n) is 7.96. The molecular formula is C18H23N3O3S. The predicted molar refractivity (Wildman–Crippen MR) is 100 cm³/mol. The van der Waals surface area contributed by atoms with Crippen LogP contribution in [-0.4, -0.2) is 27.4 Å². The number of hydrogen-bond donors (Lipinski definition) is 2. The Labute approximate surface area is 148 Å². The molecule has 0 aliphatic rings. The van der Waals surface area contributed by atoms with E-state index < -0.39 is 10.0 Å². The molecule has 7 heteroatoms. The number of carbonyl (C=O) groups excluding carboxylic acids is 1. The Hall–Kier alpha value is -2.38. The third-order valence-corrected chi connectivity index (χ3v) is 4.97. The summed E-state index contributed by atoms with van der Waals surface area (Å²) in [6, 6.07) is 12.5. The number of likely N-dealkylation sites (N-methyl/N-ethyl adjacent to an activating group) is 1. The molecule has 0 aliphatic carbocycles. The molecule has 0 fully saturated rings. The van der Waals surface area contributed by atoms with Gasteiger partial charge in [-0.15, -0.1) is 0 Å². The molecule has 0 atom stereocenters. The summed E-state index contributed by atoms with van der Waals surface area (Å²) < 4.78 is 23.2. The molecule has 0 saturated carbocycles. The van der Waals surface area contributed by atoms with Gasteiger partial charge in [0.15, 0.2) is 0 Å². The maximum atomic E-state index is 12.4. The number of aryl methyl sites for hydroxylation is 1. The van der Waals surface area contributed by atoms with Crippen LogP contribution < -0.4 is 15.4 Å². The SMILES string of the molecule is CCN(CC(=O)Nc1cc(S(N)(=O)=O)cc(C)c1C)c1ccccc1. The molecule has 134 valence electrons. The average molecular weight is 361 g/mol. The van der Waals surface area contributed by atoms with E-state index in [4.69, 9.17) is 5.14 Å². The van der Waals surface area contributed by atoms with Gasteiger partial charge in [0, 0.05) is 17.9 Å². The molecule has 0 saturated heterocycles. The normalized spacial score (nSPS) is 11.2. The molecule has 2 rings (SSSR count). The number of sulfonamides is 1. The van der Waals surface area contributed by atoms with Gasteiger partial charge < -0.3 is 10.2 Å². The van der Waals surface area contributed by atoms with Crippen LogP contribution in [0.1, 0.15) is 18.1 Å². The monoisotopic (exact) mass is 361 g/mol. The largest absolute Gasteiger partial charge is 0.362 e. The third-order valence-electron chi connectivity index (χ3n) is 4.08. The van der Waals surface area contributed by atoms with Crippen molar-refractivity contribution < 1.29 is 13.2 Å². The van der Waals surface area contributed by atoms with Crippen molar-refractivity contribution >= 4 is 27.3 Å². The van der Waals surface area contributed by atoms with E-state index in [0.717, 1.165) is 16.8 Å². The van der Waals surface area contributed by atoms with Crippen LogP contribution in [0, 0.1) is 13.8 Å². The van der Waals surface area contributed by atoms with Gasteiger partial charge in [0.05, 0.1) is 11.4 Å². The van der Waals surface area contributed by atoms with Crippen LogP contribution >= 0.6 is 0 Å². The Morgan fingerprint density at radius 1 is 1.16 bits per heavy atom. The second kappa shape index (κ2) is 7.67. The number of benzene rings is 2. The summed E-state index contributed by atoms with van der Waals surface area (Å²) in [6.07, 6.45) is 0. The van der Waals surface area contributed by atoms with Gasteiger partial charge in [-0.2, -0.15) is 0 Å². The maximum Gasteiger partial charge on any atom is 0.243 e. The Bertz CT molecular complexity index is 865. The van der Waals surface area contributed by atoms with Crippen LogP contribution in [0.4, 0.5) is 11.4 Å². The minimum Gasteiger partial charge on any atom is -0.362 e. The van der Waals surface area contributed by atoms with Crippen LogP contribution in [0.5, 0.6) is 0 Å². The summed E-state index contributed by atoms with van der Waals surface area (Å²) >= 11 is 0. The first-order valence-corrected chi connectivity index (χ1v) is 9.51. The molecule has 0 radical (unpaired) electrons. The van der Waals surface area contributed by atoms with E-state index in [1.165, 1.54) is 12.1 Å². The predicted octanol–water partition coefficient (Wildman–Crippen LogP) is 2.42. The molecular weight excluding hydrogens is 338 g/mol. The van der Waals surface area contributed by atoms with E-state index in [0.29, 0.717) is 12.2 Å². The van der Waals surface area contributed by atoms with E-state index in [1.807, 2.05) is 49.1 Å². The smallest absolute Gasteiger partial charge is 0.243 e. The van der Waals surface area contributed by atoms with Gasteiger partial charge in [0.1, 0.15) is 0 Å². The first-order chi connectivity index (χ1) is 11.7. The Morgan fingerprint density at radius 3 is 2.36 bits per heavy atom. The van der Waals surface area contributed by atoms with Gasteiger partial charge in [-0.3, -0.25) is 4.79 Å². The van der Waals surface area contributed by atoms with Gasteiger partial charge in [-0.25, -0.2) is 13.6 Å². The molecule has 2 aromatic carbocycles. The number of rotatable bonds is 6. The molecule has 0 unspecified atom stereocenters. The highest BCUT2D eigenvalue weighted by molar-refractivity contribution is 7.89. The number of anilines is 2. The van der Waals surface area contributed by atoms with Crippen molar-refractivity contribution in [1.29, 1.82) is 0 Å². The molecule has 0 heterocycles. The van der Waals surface area contributed by atoms with Crippen LogP contribution in [0.3, 0.4) is 0 Å². The average Bonchev–Trinajstić information content (AvgIpc) is 2.56. The minimum atomic E-state index is -3.83. The lowest BCUT2D eigenvalue weighted by Gasteiger charge is -2.23. The van der Waals surface area contributed by atoms with Crippen molar-refractivity contribution in [3.05, 3.63) is 53.6 Å². The maximum absolute atomic E-state index is 12.4. The van der Waals surface area contributed by atoms with Gasteiger partial charge in [-0.1, -0.05) is 18.2 Å². The number of primary sulfonamides is 1. The van der Waals surface area contributed by atoms with E-state index in [9.17, 15) is 13.2 Å². The second-order valence-corrected chi connectivity index (χ2v) is 7.42. The van der Waals surface area contributed by atoms with E-state index in [-0.39, 0.29) is 17.3 Å². The Morgan fingerprint density at radius 2 is 1.80 bits per heavy atom. The standard InChI is InChI=1S/C18H23N3O3S/c1-4-21(15-8-6-5-7-9-15)12-18(22)20-17-11-16(25(19,23)24)10-13(2)14(17)3/h5-11H,4,12H2,1-3H3,(H,20,22)(H2,19,23,24). The fraction of sp³-hybridized carbons (Fsp3) is 0.278. The molecule has 0 aromatic heterocycles. The lowest BCUT2D eigenvalue weighted by molar-refractivity contribution is -0.115. The van der Waals surface area contributed by atoms with Crippen molar-refractivity contribution in [2.75, 3.05) is 23.3 Å². The summed E-state index contributed by atoms with van der Waals surface area (Å²) in [7, 11) is -3.83. The van der Waals surface area contributed by atoms with Crippen LogP contribution in [-0.2, 0) is 14.8 Å². The molecule has 2 aromatic rings. The van der Waals surface area contributed by atoms with Gasteiger partial charge in [0.2, 0.25) is 15.9 Å². The number of nitrogens with two attached hydrogens (primary N) is 1. The Balaban J connectivity index is 2.21. The summed E-state index contributed by atoms with van der Waals surface area (Å²) in [4.78, 5) is 14.4. The van der Waals surface area contributed by atoms with Crippen molar-refractivity contribution in [2.45, 2.75) is 25.7 Å². The van der Waals surface area contributed by atoms with E-state index in [1.54, 1.807) is 6.92 Å². The zero-order chi connectivity index (χ0) is 18.6. The second-order valence-electron chi connectivity index (χ2n) is 5.86. The van der Waals surface area contributed by atoms with E-state index in [2.05, 4.69) is 5.32 Å². The molecule has 0 aliphatic heterocycles. The van der Waals surface area contributed by atoms with Gasteiger partial charge in [0.25, 0.3) is 0 Å². The zero-order valence-electron chi connectivity index (χ0n) is 14.6. The topological polar surface area (TPSA) is 92.5 Å². The van der Waals surface area contributed by atoms with Crippen molar-refractivity contribution in [2.24, 2.45) is 5.14 Å². The highest BCUT2D eigenvalue weighted by Gasteiger charge is 2.15. The van der Waals surface area contributed by atoms with Crippen LogP contribution in [0.15, 0.2) is 47.4 Å². The fourth-order valence-corrected chi connectivity index (χ4v) is 3.13. The number of nitrogens with one attached hydrogen (secondary N) is 1. The van der Waals surface area contributed by atoms with Crippen molar-refractivity contribution in [3.8, 4) is 0 Å². The number of hydrogen-bond acceptors (Lipinski definition) is 4. The summed E-state index contributed by atoms with van der Waals surface area (Å²) in [6.45, 7) is 6.41.